The molecule has 2 atom stereocenters. The third kappa shape index (κ3) is 7.43. The molecule has 3 heterocycles. The lowest BCUT2D eigenvalue weighted by Crippen LogP contribution is -2.43. The molecule has 1 unspecified atom stereocenters. The number of allylic oxidation sites excluding steroid dienone is 4. The minimum absolute atomic E-state index is 0.0248. The van der Waals surface area contributed by atoms with Crippen LogP contribution in [0.2, 0.25) is 0 Å². The highest BCUT2D eigenvalue weighted by Gasteiger charge is 2.44. The minimum Gasteiger partial charge on any atom is -0.443 e. The first-order valence-corrected chi connectivity index (χ1v) is 17.9. The summed E-state index contributed by atoms with van der Waals surface area (Å²) in [4.78, 5) is 24.2. The van der Waals surface area contributed by atoms with Crippen molar-refractivity contribution in [3.63, 3.8) is 0 Å². The molecule has 1 aliphatic carbocycles. The molecule has 10 heteroatoms. The highest BCUT2D eigenvalue weighted by Crippen LogP contribution is 2.72. The smallest absolute Gasteiger partial charge is 0.416 e. The first kappa shape index (κ1) is 33.1. The van der Waals surface area contributed by atoms with Crippen LogP contribution in [0.25, 0.3) is 5.65 Å². The van der Waals surface area contributed by atoms with Crippen LogP contribution in [0.15, 0.2) is 81.3 Å². The van der Waals surface area contributed by atoms with Crippen LogP contribution in [0, 0.1) is 12.0 Å². The van der Waals surface area contributed by atoms with Crippen LogP contribution in [-0.4, -0.2) is 61.6 Å². The van der Waals surface area contributed by atoms with Crippen molar-refractivity contribution in [3.05, 3.63) is 76.4 Å². The zero-order chi connectivity index (χ0) is 32.2. The standard InChI is InChI=1S/C35H44BrN5O3S/c1-34(2,3)44-33(42)40(32-20-19-31-37-26-30(36)41(31)38-32)24-23-39-22-13-14-27(39)21-25-43-45(35(4,5)6,28-15-9-7-10-16-28)29-17-11-8-12-18-29/h7-11,15-17,19-20,26-27H,12-14,18,22-24H2,1-6H3/t27-/m0/s1. The molecule has 0 spiro atoms. The fraction of sp³-hybridized carbons (Fsp3) is 0.457. The zero-order valence-corrected chi connectivity index (χ0v) is 29.5. The Morgan fingerprint density at radius 2 is 1.91 bits per heavy atom. The molecule has 1 fully saturated rings. The quantitative estimate of drug-likeness (QED) is 0.231. The van der Waals surface area contributed by atoms with E-state index >= 15 is 0 Å². The number of hydrogen-bond donors (Lipinski definition) is 0. The lowest BCUT2D eigenvalue weighted by molar-refractivity contribution is 0.0575. The predicted octanol–water partition coefficient (Wildman–Crippen LogP) is 8.49. The fourth-order valence-corrected chi connectivity index (χ4v) is 9.80. The van der Waals surface area contributed by atoms with Crippen LogP contribution in [0.4, 0.5) is 10.6 Å². The molecular weight excluding hydrogens is 650 g/mol. The van der Waals surface area contributed by atoms with E-state index in [4.69, 9.17) is 8.92 Å². The highest BCUT2D eigenvalue weighted by molar-refractivity contribution is 9.10. The molecule has 0 saturated carbocycles. The molecule has 0 N–H and O–H groups in total. The SMILES string of the molecule is CC(C)(C)OC(=O)N(CCN1CCC[C@H]1C#COS(C1=CC=CCC1)(c1ccccc1)C(C)(C)C)c1ccc2ncc(Br)n2n1. The average Bonchev–Trinajstić information content (AvgIpc) is 3.60. The number of nitrogens with zero attached hydrogens (tertiary/aromatic N) is 5. The van der Waals surface area contributed by atoms with Gasteiger partial charge in [-0.25, -0.2) is 14.3 Å². The molecular formula is C35H44BrN5O3S. The molecule has 1 aliphatic heterocycles. The van der Waals surface area contributed by atoms with E-state index in [1.54, 1.807) is 21.7 Å². The summed E-state index contributed by atoms with van der Waals surface area (Å²) in [5.41, 5.74) is 0.0479. The maximum atomic E-state index is 13.4. The Hall–Kier alpha value is -3.26. The van der Waals surface area contributed by atoms with Gasteiger partial charge in [-0.05, 0) is 130 Å². The predicted molar refractivity (Wildman–Crippen MR) is 186 cm³/mol. The van der Waals surface area contributed by atoms with Gasteiger partial charge in [-0.15, -0.1) is 5.10 Å². The number of aromatic nitrogens is 3. The average molecular weight is 695 g/mol. The zero-order valence-electron chi connectivity index (χ0n) is 27.1. The first-order valence-electron chi connectivity index (χ1n) is 15.6. The van der Waals surface area contributed by atoms with Crippen molar-refractivity contribution in [1.29, 1.82) is 0 Å². The van der Waals surface area contributed by atoms with E-state index < -0.39 is 22.0 Å². The molecule has 1 saturated heterocycles. The van der Waals surface area contributed by atoms with E-state index in [2.05, 4.69) is 112 Å². The number of rotatable bonds is 7. The summed E-state index contributed by atoms with van der Waals surface area (Å²) in [5.74, 6) is 3.98. The number of imidazole rings is 1. The van der Waals surface area contributed by atoms with Gasteiger partial charge in [-0.3, -0.25) is 9.80 Å². The number of hydrogen-bond acceptors (Lipinski definition) is 6. The van der Waals surface area contributed by atoms with Crippen molar-refractivity contribution in [2.75, 3.05) is 24.5 Å². The first-order chi connectivity index (χ1) is 21.4. The Kier molecular flexibility index (Phi) is 10.0. The van der Waals surface area contributed by atoms with Gasteiger partial charge in [0, 0.05) is 27.6 Å². The van der Waals surface area contributed by atoms with Gasteiger partial charge < -0.3 is 8.92 Å². The second kappa shape index (κ2) is 13.6. The number of anilines is 1. The Morgan fingerprint density at radius 3 is 2.60 bits per heavy atom. The molecule has 0 radical (unpaired) electrons. The third-order valence-electron chi connectivity index (χ3n) is 7.85. The molecule has 2 aliphatic rings. The van der Waals surface area contributed by atoms with Gasteiger partial charge >= 0.3 is 6.09 Å². The van der Waals surface area contributed by atoms with E-state index in [0.717, 1.165) is 32.2 Å². The summed E-state index contributed by atoms with van der Waals surface area (Å²) in [6, 6.07) is 14.3. The topological polar surface area (TPSA) is 72.2 Å². The molecule has 1 amide bonds. The molecule has 240 valence electrons. The number of benzene rings is 1. The molecule has 2 aromatic heterocycles. The van der Waals surface area contributed by atoms with Gasteiger partial charge in [0.2, 0.25) is 0 Å². The van der Waals surface area contributed by atoms with Gasteiger partial charge in [-0.2, -0.15) is 0 Å². The number of fused-ring (bicyclic) bond motifs is 1. The van der Waals surface area contributed by atoms with E-state index in [1.807, 2.05) is 26.8 Å². The normalized spacial score (nSPS) is 19.3. The largest absolute Gasteiger partial charge is 0.443 e. The Bertz CT molecular complexity index is 1630. The van der Waals surface area contributed by atoms with Gasteiger partial charge in [0.05, 0.1) is 12.2 Å². The number of ether oxygens (including phenoxy) is 1. The number of carbonyl (C=O) groups is 1. The van der Waals surface area contributed by atoms with Gasteiger partial charge in [0.1, 0.15) is 16.3 Å². The maximum Gasteiger partial charge on any atom is 0.416 e. The number of amides is 1. The number of likely N-dealkylation sites (tertiary alicyclic amines) is 1. The van der Waals surface area contributed by atoms with Crippen LogP contribution in [-0.2, 0) is 8.92 Å². The molecule has 1 aromatic carbocycles. The lowest BCUT2D eigenvalue weighted by Gasteiger charge is -2.49. The van der Waals surface area contributed by atoms with Gasteiger partial charge in [-0.1, -0.05) is 36.4 Å². The van der Waals surface area contributed by atoms with Crippen LogP contribution in [0.5, 0.6) is 0 Å². The van der Waals surface area contributed by atoms with E-state index in [-0.39, 0.29) is 10.8 Å². The summed E-state index contributed by atoms with van der Waals surface area (Å²) >= 11 is 3.49. The summed E-state index contributed by atoms with van der Waals surface area (Å²) in [7, 11) is -1.88. The van der Waals surface area contributed by atoms with Crippen LogP contribution >= 0.6 is 26.2 Å². The summed E-state index contributed by atoms with van der Waals surface area (Å²) in [6.07, 6.45) is 15.0. The van der Waals surface area contributed by atoms with Gasteiger partial charge in [0.25, 0.3) is 0 Å². The third-order valence-corrected chi connectivity index (χ3v) is 12.5. The molecule has 0 bridgehead atoms. The van der Waals surface area contributed by atoms with Crippen molar-refractivity contribution in [1.82, 2.24) is 19.5 Å². The Morgan fingerprint density at radius 1 is 1.13 bits per heavy atom. The number of carbonyl (C=O) groups excluding carboxylic acids is 1. The second-order valence-corrected chi connectivity index (χ2v) is 17.6. The van der Waals surface area contributed by atoms with Crippen LogP contribution < -0.4 is 4.90 Å². The van der Waals surface area contributed by atoms with Crippen molar-refractivity contribution >= 4 is 43.8 Å². The minimum atomic E-state index is -1.88. The summed E-state index contributed by atoms with van der Waals surface area (Å²) in [5, 5.41) is 4.68. The van der Waals surface area contributed by atoms with Crippen molar-refractivity contribution in [2.45, 2.75) is 88.5 Å². The molecule has 5 rings (SSSR count). The number of halogens is 1. The van der Waals surface area contributed by atoms with Crippen LogP contribution in [0.1, 0.15) is 67.2 Å². The molecule has 8 nitrogen and oxygen atoms in total. The second-order valence-electron chi connectivity index (χ2n) is 13.3. The van der Waals surface area contributed by atoms with Crippen molar-refractivity contribution in [3.8, 4) is 12.0 Å². The van der Waals surface area contributed by atoms with Crippen LogP contribution in [0.3, 0.4) is 0 Å². The molecule has 3 aromatic rings. The Balaban J connectivity index is 1.38. The Labute approximate surface area is 277 Å². The maximum absolute atomic E-state index is 13.4. The fourth-order valence-electron chi connectivity index (χ4n) is 5.79. The van der Waals surface area contributed by atoms with E-state index in [0.29, 0.717) is 29.2 Å². The van der Waals surface area contributed by atoms with Gasteiger partial charge in [0.15, 0.2) is 11.5 Å². The monoisotopic (exact) mass is 693 g/mol. The van der Waals surface area contributed by atoms with Crippen molar-refractivity contribution < 1.29 is 13.7 Å². The van der Waals surface area contributed by atoms with E-state index in [1.165, 1.54) is 9.80 Å². The van der Waals surface area contributed by atoms with Crippen molar-refractivity contribution in [2.24, 2.45) is 0 Å². The highest BCUT2D eigenvalue weighted by atomic mass is 79.9. The lowest BCUT2D eigenvalue weighted by atomic mass is 10.2. The summed E-state index contributed by atoms with van der Waals surface area (Å²) < 4.78 is 14.9. The summed E-state index contributed by atoms with van der Waals surface area (Å²) in [6.45, 7) is 14.3. The van der Waals surface area contributed by atoms with E-state index in [9.17, 15) is 4.79 Å². The molecule has 45 heavy (non-hydrogen) atoms.